The van der Waals surface area contributed by atoms with E-state index in [9.17, 15) is 14.4 Å². The van der Waals surface area contributed by atoms with E-state index in [1.165, 1.54) is 12.2 Å². The third-order valence-electron chi connectivity index (χ3n) is 6.51. The molecule has 1 aromatic heterocycles. The molecule has 33 heavy (non-hydrogen) atoms. The van der Waals surface area contributed by atoms with Crippen LogP contribution in [0.15, 0.2) is 30.3 Å². The molecule has 0 unspecified atom stereocenters. The zero-order chi connectivity index (χ0) is 23.6. The summed E-state index contributed by atoms with van der Waals surface area (Å²) >= 11 is 0. The molecule has 4 rings (SSSR count). The Labute approximate surface area is 191 Å². The fourth-order valence-electron chi connectivity index (χ4n) is 4.77. The van der Waals surface area contributed by atoms with Gasteiger partial charge >= 0.3 is 5.97 Å². The minimum atomic E-state index is -0.806. The molecule has 2 aromatic rings. The van der Waals surface area contributed by atoms with E-state index in [0.29, 0.717) is 43.9 Å². The van der Waals surface area contributed by atoms with Gasteiger partial charge < -0.3 is 14.4 Å². The number of rotatable bonds is 6. The van der Waals surface area contributed by atoms with Gasteiger partial charge in [0.25, 0.3) is 5.91 Å². The van der Waals surface area contributed by atoms with Crippen LogP contribution in [0.25, 0.3) is 11.3 Å². The second-order valence-electron chi connectivity index (χ2n) is 8.18. The van der Waals surface area contributed by atoms with Gasteiger partial charge in [0.1, 0.15) is 11.4 Å². The molecule has 2 fully saturated rings. The van der Waals surface area contributed by atoms with Crippen LogP contribution < -0.4 is 4.74 Å². The molecule has 0 radical (unpaired) electrons. The molecular weight excluding hydrogens is 428 g/mol. The van der Waals surface area contributed by atoms with Crippen molar-refractivity contribution in [3.05, 3.63) is 36.0 Å². The number of carbonyl (C=O) groups is 3. The highest BCUT2D eigenvalue weighted by Gasteiger charge is 2.58. The number of likely N-dealkylation sites (tertiary alicyclic amines) is 1. The Balaban J connectivity index is 1.48. The second kappa shape index (κ2) is 9.22. The molecule has 3 heterocycles. The summed E-state index contributed by atoms with van der Waals surface area (Å²) in [5, 5.41) is 8.46. The lowest BCUT2D eigenvalue weighted by Crippen LogP contribution is -2.58. The van der Waals surface area contributed by atoms with Gasteiger partial charge in [0.2, 0.25) is 5.91 Å². The van der Waals surface area contributed by atoms with Crippen molar-refractivity contribution in [1.82, 2.24) is 20.2 Å². The maximum Gasteiger partial charge on any atom is 0.311 e. The van der Waals surface area contributed by atoms with Gasteiger partial charge in [-0.3, -0.25) is 24.3 Å². The lowest BCUT2D eigenvalue weighted by atomic mass is 9.77. The average molecular weight is 456 g/mol. The van der Waals surface area contributed by atoms with E-state index in [1.54, 1.807) is 25.0 Å². The molecule has 1 spiro atoms. The van der Waals surface area contributed by atoms with Gasteiger partial charge in [0, 0.05) is 25.1 Å². The van der Waals surface area contributed by atoms with Crippen molar-refractivity contribution < 1.29 is 28.7 Å². The number of esters is 1. The van der Waals surface area contributed by atoms with E-state index in [0.717, 1.165) is 11.3 Å². The van der Waals surface area contributed by atoms with Crippen LogP contribution in [0.1, 0.15) is 36.7 Å². The Bertz CT molecular complexity index is 1030. The predicted octanol–water partition coefficient (Wildman–Crippen LogP) is 2.03. The molecule has 176 valence electrons. The third-order valence-corrected chi connectivity index (χ3v) is 6.51. The van der Waals surface area contributed by atoms with Crippen LogP contribution in [0.5, 0.6) is 5.75 Å². The number of nitrogens with one attached hydrogen (secondary N) is 1. The van der Waals surface area contributed by atoms with E-state index in [2.05, 4.69) is 10.2 Å². The summed E-state index contributed by atoms with van der Waals surface area (Å²) in [6.45, 7) is 2.86. The minimum Gasteiger partial charge on any atom is -0.497 e. The molecule has 1 aromatic carbocycles. The monoisotopic (exact) mass is 456 g/mol. The molecule has 10 nitrogen and oxygen atoms in total. The van der Waals surface area contributed by atoms with E-state index in [-0.39, 0.29) is 18.2 Å². The first-order valence-electron chi connectivity index (χ1n) is 11.0. The Kier molecular flexibility index (Phi) is 6.37. The quantitative estimate of drug-likeness (QED) is 0.662. The van der Waals surface area contributed by atoms with Crippen LogP contribution in [0.3, 0.4) is 0 Å². The normalized spacial score (nSPS) is 19.7. The highest BCUT2D eigenvalue weighted by Crippen LogP contribution is 2.44. The first kappa shape index (κ1) is 22.8. The number of aromatic amines is 1. The highest BCUT2D eigenvalue weighted by molar-refractivity contribution is 5.94. The van der Waals surface area contributed by atoms with Crippen LogP contribution in [0.2, 0.25) is 0 Å². The van der Waals surface area contributed by atoms with Gasteiger partial charge in [-0.25, -0.2) is 5.06 Å². The Morgan fingerprint density at radius 1 is 1.18 bits per heavy atom. The maximum atomic E-state index is 13.1. The van der Waals surface area contributed by atoms with Crippen molar-refractivity contribution >= 4 is 17.8 Å². The largest absolute Gasteiger partial charge is 0.497 e. The third kappa shape index (κ3) is 4.06. The zero-order valence-electron chi connectivity index (χ0n) is 19.0. The van der Waals surface area contributed by atoms with Crippen LogP contribution in [-0.4, -0.2) is 77.4 Å². The van der Waals surface area contributed by atoms with Crippen molar-refractivity contribution in [2.24, 2.45) is 5.92 Å². The minimum absolute atomic E-state index is 0.0480. The number of hydroxylamine groups is 2. The molecule has 0 aliphatic carbocycles. The number of carbonyl (C=O) groups excluding carboxylic acids is 3. The lowest BCUT2D eigenvalue weighted by molar-refractivity contribution is -0.220. The number of ether oxygens (including phenoxy) is 2. The molecule has 2 amide bonds. The van der Waals surface area contributed by atoms with Gasteiger partial charge in [0.05, 0.1) is 38.0 Å². The number of nitrogens with zero attached hydrogens (tertiary/aromatic N) is 3. The van der Waals surface area contributed by atoms with Crippen molar-refractivity contribution in [3.8, 4) is 17.0 Å². The summed E-state index contributed by atoms with van der Waals surface area (Å²) in [6, 6.07) is 9.14. The second-order valence-corrected chi connectivity index (χ2v) is 8.18. The highest BCUT2D eigenvalue weighted by atomic mass is 16.7. The van der Waals surface area contributed by atoms with Gasteiger partial charge in [0.15, 0.2) is 0 Å². The summed E-state index contributed by atoms with van der Waals surface area (Å²) in [5.41, 5.74) is 1.09. The zero-order valence-corrected chi connectivity index (χ0v) is 19.0. The van der Waals surface area contributed by atoms with E-state index >= 15 is 0 Å². The van der Waals surface area contributed by atoms with Gasteiger partial charge in [-0.2, -0.15) is 5.10 Å². The molecule has 1 N–H and O–H groups in total. The van der Waals surface area contributed by atoms with E-state index < -0.39 is 17.4 Å². The van der Waals surface area contributed by atoms with Crippen LogP contribution in [0.4, 0.5) is 0 Å². The number of benzene rings is 1. The van der Waals surface area contributed by atoms with Crippen molar-refractivity contribution in [2.45, 2.75) is 31.7 Å². The summed E-state index contributed by atoms with van der Waals surface area (Å²) in [7, 11) is 2.92. The van der Waals surface area contributed by atoms with Crippen LogP contribution in [0, 0.1) is 5.92 Å². The topological polar surface area (TPSA) is 114 Å². The number of piperidine rings is 1. The number of hydrogen-bond donors (Lipinski definition) is 1. The smallest absolute Gasteiger partial charge is 0.311 e. The molecular formula is C23H28N4O6. The fraction of sp³-hybridized carbons (Fsp3) is 0.478. The van der Waals surface area contributed by atoms with Crippen molar-refractivity contribution in [1.29, 1.82) is 0 Å². The Hall–Kier alpha value is -3.40. The Morgan fingerprint density at radius 2 is 1.88 bits per heavy atom. The summed E-state index contributed by atoms with van der Waals surface area (Å²) in [4.78, 5) is 45.5. The molecule has 10 heteroatoms. The number of hydrogen-bond acceptors (Lipinski definition) is 7. The standard InChI is InChI=1S/C23H28N4O6/c1-4-33-27-20(28)13-17(22(30)32-3)23(27)9-11-26(12-10-23)21(29)19-14-18(24-25-19)15-5-7-16(31-2)8-6-15/h5-8,14,17H,4,9-13H2,1-3H3,(H,24,25)/t17-/m0/s1. The summed E-state index contributed by atoms with van der Waals surface area (Å²) in [6.07, 6.45) is 0.889. The van der Waals surface area contributed by atoms with Crippen LogP contribution in [-0.2, 0) is 19.2 Å². The first-order chi connectivity index (χ1) is 15.9. The molecule has 0 saturated carbocycles. The summed E-state index contributed by atoms with van der Waals surface area (Å²) < 4.78 is 10.1. The van der Waals surface area contributed by atoms with Gasteiger partial charge in [-0.15, -0.1) is 0 Å². The van der Waals surface area contributed by atoms with Crippen molar-refractivity contribution in [3.63, 3.8) is 0 Å². The average Bonchev–Trinajstić information content (AvgIpc) is 3.44. The SMILES string of the molecule is CCON1C(=O)C[C@@H](C(=O)OC)C12CCN(C(=O)c1cc(-c3ccc(OC)cc3)n[nH]1)CC2. The summed E-state index contributed by atoms with van der Waals surface area (Å²) in [5.74, 6) is -0.719. The number of aromatic nitrogens is 2. The molecule has 0 bridgehead atoms. The van der Waals surface area contributed by atoms with E-state index in [1.807, 2.05) is 24.3 Å². The first-order valence-corrected chi connectivity index (χ1v) is 11.0. The van der Waals surface area contributed by atoms with Gasteiger partial charge in [-0.1, -0.05) is 0 Å². The van der Waals surface area contributed by atoms with Crippen LogP contribution >= 0.6 is 0 Å². The van der Waals surface area contributed by atoms with E-state index in [4.69, 9.17) is 14.3 Å². The predicted molar refractivity (Wildman–Crippen MR) is 117 cm³/mol. The number of H-pyrrole nitrogens is 1. The fourth-order valence-corrected chi connectivity index (χ4v) is 4.77. The Morgan fingerprint density at radius 3 is 2.48 bits per heavy atom. The number of amides is 2. The molecule has 2 aliphatic heterocycles. The van der Waals surface area contributed by atoms with Crippen molar-refractivity contribution in [2.75, 3.05) is 33.9 Å². The molecule has 2 saturated heterocycles. The molecule has 2 aliphatic rings. The van der Waals surface area contributed by atoms with Gasteiger partial charge in [-0.05, 0) is 50.1 Å². The lowest BCUT2D eigenvalue weighted by Gasteiger charge is -2.45. The number of methoxy groups -OCH3 is 2. The molecule has 1 atom stereocenters. The maximum absolute atomic E-state index is 13.1.